The fraction of sp³-hybridized carbons (Fsp3) is 0.722. The molecule has 2 amide bonds. The molecule has 1 aliphatic heterocycles. The Bertz CT molecular complexity index is 682. The number of nitrogens with one attached hydrogen (secondary N) is 1. The lowest BCUT2D eigenvalue weighted by Gasteiger charge is -2.28. The van der Waals surface area contributed by atoms with Crippen molar-refractivity contribution in [2.45, 2.75) is 64.5 Å². The number of hydrogen-bond donors (Lipinski definition) is 2. The molecule has 0 spiro atoms. The van der Waals surface area contributed by atoms with E-state index in [1.54, 1.807) is 16.2 Å². The Morgan fingerprint density at radius 2 is 2.15 bits per heavy atom. The monoisotopic (exact) mass is 380 g/mol. The Hall–Kier alpha value is -1.83. The summed E-state index contributed by atoms with van der Waals surface area (Å²) >= 11 is 1.55. The highest BCUT2D eigenvalue weighted by Crippen LogP contribution is 2.31. The number of fused-ring (bicyclic) bond motifs is 1. The predicted octanol–water partition coefficient (Wildman–Crippen LogP) is 2.35. The van der Waals surface area contributed by atoms with Crippen molar-refractivity contribution in [1.29, 1.82) is 0 Å². The van der Waals surface area contributed by atoms with Crippen LogP contribution in [0.1, 0.15) is 50.6 Å². The van der Waals surface area contributed by atoms with E-state index in [1.807, 2.05) is 20.8 Å². The van der Waals surface area contributed by atoms with E-state index in [0.29, 0.717) is 30.6 Å². The number of likely N-dealkylation sites (tertiary alicyclic amines) is 1. The van der Waals surface area contributed by atoms with Gasteiger partial charge in [-0.05, 0) is 58.8 Å². The molecule has 2 aliphatic rings. The Morgan fingerprint density at radius 1 is 1.38 bits per heavy atom. The van der Waals surface area contributed by atoms with E-state index in [0.717, 1.165) is 31.4 Å². The van der Waals surface area contributed by atoms with Crippen molar-refractivity contribution in [3.63, 3.8) is 0 Å². The molecule has 0 saturated carbocycles. The van der Waals surface area contributed by atoms with Gasteiger partial charge in [0.25, 0.3) is 0 Å². The topological polar surface area (TPSA) is 97.5 Å². The van der Waals surface area contributed by atoms with E-state index in [2.05, 4.69) is 10.3 Å². The number of nitrogen functional groups attached to an aromatic ring is 1. The van der Waals surface area contributed by atoms with Crippen molar-refractivity contribution in [1.82, 2.24) is 15.2 Å². The van der Waals surface area contributed by atoms with Crippen LogP contribution in [-0.4, -0.2) is 46.6 Å². The molecule has 1 aromatic heterocycles. The minimum atomic E-state index is -0.558. The van der Waals surface area contributed by atoms with E-state index in [1.165, 1.54) is 4.88 Å². The largest absolute Gasteiger partial charge is 0.444 e. The van der Waals surface area contributed by atoms with Crippen molar-refractivity contribution in [3.8, 4) is 0 Å². The summed E-state index contributed by atoms with van der Waals surface area (Å²) in [6, 6.07) is -0.428. The molecule has 1 aliphatic carbocycles. The van der Waals surface area contributed by atoms with Gasteiger partial charge >= 0.3 is 6.09 Å². The first kappa shape index (κ1) is 18.9. The third kappa shape index (κ3) is 4.47. The van der Waals surface area contributed by atoms with Crippen LogP contribution < -0.4 is 11.1 Å². The normalized spacial score (nSPS) is 22.8. The molecule has 26 heavy (non-hydrogen) atoms. The van der Waals surface area contributed by atoms with Crippen LogP contribution in [-0.2, 0) is 22.4 Å². The highest BCUT2D eigenvalue weighted by Gasteiger charge is 2.36. The van der Waals surface area contributed by atoms with Crippen molar-refractivity contribution in [2.24, 2.45) is 5.92 Å². The number of carbonyl (C=O) groups excluding carboxylic acids is 2. The molecule has 3 N–H and O–H groups in total. The van der Waals surface area contributed by atoms with E-state index >= 15 is 0 Å². The van der Waals surface area contributed by atoms with Crippen LogP contribution in [0, 0.1) is 5.92 Å². The zero-order chi connectivity index (χ0) is 18.9. The lowest BCUT2D eigenvalue weighted by atomic mass is 9.91. The quantitative estimate of drug-likeness (QED) is 0.839. The summed E-state index contributed by atoms with van der Waals surface area (Å²) in [5.41, 5.74) is 6.34. The second-order valence-electron chi connectivity index (χ2n) is 8.11. The van der Waals surface area contributed by atoms with Gasteiger partial charge in [-0.1, -0.05) is 0 Å². The third-order valence-corrected chi connectivity index (χ3v) is 5.76. The van der Waals surface area contributed by atoms with Gasteiger partial charge < -0.3 is 15.8 Å². The van der Waals surface area contributed by atoms with Crippen molar-refractivity contribution in [3.05, 3.63) is 10.6 Å². The minimum Gasteiger partial charge on any atom is -0.444 e. The molecule has 1 unspecified atom stereocenters. The van der Waals surface area contributed by atoms with Crippen molar-refractivity contribution in [2.75, 3.05) is 18.8 Å². The first-order chi connectivity index (χ1) is 12.2. The van der Waals surface area contributed by atoms with Gasteiger partial charge in [-0.15, -0.1) is 11.3 Å². The summed E-state index contributed by atoms with van der Waals surface area (Å²) in [4.78, 5) is 32.1. The average molecular weight is 381 g/mol. The van der Waals surface area contributed by atoms with Crippen LogP contribution in [0.25, 0.3) is 0 Å². The molecule has 0 radical (unpaired) electrons. The molecule has 0 aromatic carbocycles. The minimum absolute atomic E-state index is 0.0806. The molecule has 8 heteroatoms. The number of aromatic nitrogens is 1. The second-order valence-corrected chi connectivity index (χ2v) is 9.22. The van der Waals surface area contributed by atoms with Gasteiger partial charge in [0.1, 0.15) is 11.6 Å². The number of rotatable bonds is 3. The highest BCUT2D eigenvalue weighted by molar-refractivity contribution is 7.15. The predicted molar refractivity (Wildman–Crippen MR) is 101 cm³/mol. The zero-order valence-corrected chi connectivity index (χ0v) is 16.5. The van der Waals surface area contributed by atoms with Crippen LogP contribution in [0.15, 0.2) is 0 Å². The lowest BCUT2D eigenvalue weighted by Crippen LogP contribution is -2.48. The first-order valence-electron chi connectivity index (χ1n) is 9.24. The van der Waals surface area contributed by atoms with Gasteiger partial charge in [-0.25, -0.2) is 9.78 Å². The van der Waals surface area contributed by atoms with Crippen LogP contribution in [0.5, 0.6) is 0 Å². The number of amides is 2. The zero-order valence-electron chi connectivity index (χ0n) is 15.7. The Balaban J connectivity index is 1.52. The van der Waals surface area contributed by atoms with Crippen LogP contribution in [0.4, 0.5) is 9.93 Å². The summed E-state index contributed by atoms with van der Waals surface area (Å²) in [5, 5.41) is 3.67. The molecule has 1 saturated heterocycles. The highest BCUT2D eigenvalue weighted by atomic mass is 32.1. The number of carbonyl (C=O) groups is 2. The molecule has 1 fully saturated rings. The summed E-state index contributed by atoms with van der Waals surface area (Å²) in [5.74, 6) is 0.311. The Labute approximate surface area is 158 Å². The number of anilines is 1. The van der Waals surface area contributed by atoms with Gasteiger partial charge in [-0.2, -0.15) is 0 Å². The van der Waals surface area contributed by atoms with Gasteiger partial charge in [0.15, 0.2) is 5.13 Å². The summed E-state index contributed by atoms with van der Waals surface area (Å²) in [7, 11) is 0. The summed E-state index contributed by atoms with van der Waals surface area (Å²) < 4.78 is 5.43. The average Bonchev–Trinajstić information content (AvgIpc) is 3.15. The molecule has 2 heterocycles. The Kier molecular flexibility index (Phi) is 5.41. The first-order valence-corrected chi connectivity index (χ1v) is 10.1. The number of aryl methyl sites for hydroxylation is 1. The van der Waals surface area contributed by atoms with Gasteiger partial charge in [0, 0.05) is 18.0 Å². The number of hydrogen-bond acceptors (Lipinski definition) is 6. The van der Waals surface area contributed by atoms with Gasteiger partial charge in [-0.3, -0.25) is 9.69 Å². The summed E-state index contributed by atoms with van der Waals surface area (Å²) in [6.45, 7) is 6.69. The van der Waals surface area contributed by atoms with E-state index < -0.39 is 17.7 Å². The van der Waals surface area contributed by atoms with Crippen LogP contribution in [0.2, 0.25) is 0 Å². The molecule has 1 aromatic rings. The fourth-order valence-electron chi connectivity index (χ4n) is 3.58. The third-order valence-electron chi connectivity index (χ3n) is 4.81. The van der Waals surface area contributed by atoms with Crippen molar-refractivity contribution >= 4 is 28.5 Å². The maximum absolute atomic E-state index is 12.6. The van der Waals surface area contributed by atoms with E-state index in [4.69, 9.17) is 10.5 Å². The smallest absolute Gasteiger partial charge is 0.410 e. The van der Waals surface area contributed by atoms with Crippen LogP contribution >= 0.6 is 11.3 Å². The summed E-state index contributed by atoms with van der Waals surface area (Å²) in [6.07, 6.45) is 3.92. The molecular formula is C18H28N4O3S. The molecule has 0 bridgehead atoms. The number of nitrogens with two attached hydrogens (primary N) is 1. The fourth-order valence-corrected chi connectivity index (χ4v) is 4.57. The number of ether oxygens (including phenoxy) is 1. The number of thiazole rings is 1. The Morgan fingerprint density at radius 3 is 2.88 bits per heavy atom. The van der Waals surface area contributed by atoms with Gasteiger partial charge in [0.2, 0.25) is 5.91 Å². The van der Waals surface area contributed by atoms with Crippen molar-refractivity contribution < 1.29 is 14.3 Å². The van der Waals surface area contributed by atoms with E-state index in [9.17, 15) is 9.59 Å². The van der Waals surface area contributed by atoms with E-state index in [-0.39, 0.29) is 5.91 Å². The van der Waals surface area contributed by atoms with Crippen LogP contribution in [0.3, 0.4) is 0 Å². The molecular weight excluding hydrogens is 352 g/mol. The number of nitrogens with zero attached hydrogens (tertiary/aromatic N) is 2. The maximum atomic E-state index is 12.6. The standard InChI is InChI=1S/C18H28N4O3S/c1-18(2,3)25-17(24)22-8-4-5-13(22)15(23)20-10-11-6-7-12-14(9-11)26-16(19)21-12/h11,13H,4-10H2,1-3H3,(H2,19,21)(H,20,23)/t11?,13-/m0/s1. The molecule has 144 valence electrons. The maximum Gasteiger partial charge on any atom is 0.410 e. The van der Waals surface area contributed by atoms with Gasteiger partial charge in [0.05, 0.1) is 5.69 Å². The lowest BCUT2D eigenvalue weighted by molar-refractivity contribution is -0.125. The molecule has 3 rings (SSSR count). The second kappa shape index (κ2) is 7.42. The molecule has 7 nitrogen and oxygen atoms in total. The molecule has 2 atom stereocenters. The SMILES string of the molecule is CC(C)(C)OC(=O)N1CCC[C@H]1C(=O)NCC1CCc2nc(N)sc2C1.